The maximum atomic E-state index is 12.2. The first-order chi connectivity index (χ1) is 9.65. The maximum Gasteiger partial charge on any atom is 0.240 e. The van der Waals surface area contributed by atoms with Crippen molar-refractivity contribution >= 4 is 18.3 Å². The number of carbonyl (C=O) groups is 1. The first-order valence-corrected chi connectivity index (χ1v) is 7.00. The van der Waals surface area contributed by atoms with E-state index in [1.54, 1.807) is 0 Å². The second-order valence-corrected chi connectivity index (χ2v) is 5.22. The highest BCUT2D eigenvalue weighted by atomic mass is 35.5. The molecule has 0 spiro atoms. The molecule has 0 aromatic heterocycles. The number of hydrogen-bond acceptors (Lipinski definition) is 4. The highest BCUT2D eigenvalue weighted by Crippen LogP contribution is 2.20. The molecule has 1 unspecified atom stereocenters. The molecule has 1 heterocycles. The molecule has 1 aliphatic rings. The average molecular weight is 315 g/mol. The SMILES string of the molecule is CC1(C(=O)NCc2ccccc2OCCO)CCCN1.Cl. The minimum absolute atomic E-state index is 0. The summed E-state index contributed by atoms with van der Waals surface area (Å²) in [5.74, 6) is 0.721. The zero-order valence-corrected chi connectivity index (χ0v) is 13.0. The summed E-state index contributed by atoms with van der Waals surface area (Å²) in [5.41, 5.74) is 0.455. The zero-order chi connectivity index (χ0) is 14.4. The number of nitrogens with one attached hydrogen (secondary N) is 2. The zero-order valence-electron chi connectivity index (χ0n) is 12.2. The Bertz CT molecular complexity index is 462. The van der Waals surface area contributed by atoms with Crippen LogP contribution >= 0.6 is 12.4 Å². The van der Waals surface area contributed by atoms with Gasteiger partial charge in [-0.3, -0.25) is 4.79 Å². The van der Waals surface area contributed by atoms with Crippen LogP contribution in [0.15, 0.2) is 24.3 Å². The third-order valence-electron chi connectivity index (χ3n) is 3.63. The maximum absolute atomic E-state index is 12.2. The summed E-state index contributed by atoms with van der Waals surface area (Å²) in [6, 6.07) is 7.53. The molecular formula is C15H23ClN2O3. The Hall–Kier alpha value is -1.30. The highest BCUT2D eigenvalue weighted by molar-refractivity contribution is 5.86. The first-order valence-electron chi connectivity index (χ1n) is 7.00. The fourth-order valence-electron chi connectivity index (χ4n) is 2.41. The standard InChI is InChI=1S/C15H22N2O3.ClH/c1-15(7-4-8-17-15)14(19)16-11-12-5-2-3-6-13(12)20-10-9-18;/h2-3,5-6,17-18H,4,7-11H2,1H3,(H,16,19);1H. The van der Waals surface area contributed by atoms with Gasteiger partial charge in [0.1, 0.15) is 12.4 Å². The Morgan fingerprint density at radius 3 is 2.90 bits per heavy atom. The fourth-order valence-corrected chi connectivity index (χ4v) is 2.41. The largest absolute Gasteiger partial charge is 0.491 e. The lowest BCUT2D eigenvalue weighted by molar-refractivity contribution is -0.126. The van der Waals surface area contributed by atoms with Crippen LogP contribution in [0, 0.1) is 0 Å². The first kappa shape index (κ1) is 17.8. The van der Waals surface area contributed by atoms with Gasteiger partial charge in [-0.05, 0) is 32.4 Å². The van der Waals surface area contributed by atoms with E-state index in [4.69, 9.17) is 9.84 Å². The molecule has 1 saturated heterocycles. The molecule has 5 nitrogen and oxygen atoms in total. The molecule has 0 radical (unpaired) electrons. The van der Waals surface area contributed by atoms with Gasteiger partial charge in [-0.25, -0.2) is 0 Å². The molecule has 118 valence electrons. The van der Waals surface area contributed by atoms with Gasteiger partial charge in [-0.15, -0.1) is 12.4 Å². The predicted octanol–water partition coefficient (Wildman–Crippen LogP) is 1.24. The van der Waals surface area contributed by atoms with Crippen LogP contribution in [0.25, 0.3) is 0 Å². The average Bonchev–Trinajstić information content (AvgIpc) is 2.91. The van der Waals surface area contributed by atoms with E-state index in [0.29, 0.717) is 12.3 Å². The fraction of sp³-hybridized carbons (Fsp3) is 0.533. The van der Waals surface area contributed by atoms with Gasteiger partial charge in [0.15, 0.2) is 0 Å². The van der Waals surface area contributed by atoms with Crippen LogP contribution in [0.3, 0.4) is 0 Å². The van der Waals surface area contributed by atoms with Gasteiger partial charge in [0.05, 0.1) is 12.1 Å². The van der Waals surface area contributed by atoms with Crippen LogP contribution in [0.1, 0.15) is 25.3 Å². The van der Waals surface area contributed by atoms with Crippen LogP contribution in [0.4, 0.5) is 0 Å². The van der Waals surface area contributed by atoms with Crippen molar-refractivity contribution in [3.05, 3.63) is 29.8 Å². The number of hydrogen-bond donors (Lipinski definition) is 3. The lowest BCUT2D eigenvalue weighted by atomic mass is 9.99. The molecular weight excluding hydrogens is 292 g/mol. The van der Waals surface area contributed by atoms with Gasteiger partial charge >= 0.3 is 0 Å². The Balaban J connectivity index is 0.00000220. The molecule has 0 saturated carbocycles. The van der Waals surface area contributed by atoms with Crippen LogP contribution in [0.5, 0.6) is 5.75 Å². The van der Waals surface area contributed by atoms with E-state index >= 15 is 0 Å². The van der Waals surface area contributed by atoms with Crippen molar-refractivity contribution in [1.29, 1.82) is 0 Å². The van der Waals surface area contributed by atoms with E-state index in [0.717, 1.165) is 24.9 Å². The Kier molecular flexibility index (Phi) is 6.95. The molecule has 1 atom stereocenters. The Morgan fingerprint density at radius 1 is 1.48 bits per heavy atom. The molecule has 1 amide bonds. The minimum atomic E-state index is -0.457. The number of aliphatic hydroxyl groups is 1. The molecule has 1 aromatic carbocycles. The van der Waals surface area contributed by atoms with Gasteiger partial charge in [-0.2, -0.15) is 0 Å². The lowest BCUT2D eigenvalue weighted by Gasteiger charge is -2.23. The van der Waals surface area contributed by atoms with E-state index < -0.39 is 5.54 Å². The third-order valence-corrected chi connectivity index (χ3v) is 3.63. The Labute approximate surface area is 131 Å². The number of carbonyl (C=O) groups excluding carboxylic acids is 1. The molecule has 2 rings (SSSR count). The molecule has 1 fully saturated rings. The molecule has 0 aliphatic carbocycles. The van der Waals surface area contributed by atoms with Gasteiger partial charge in [0.25, 0.3) is 0 Å². The van der Waals surface area contributed by atoms with E-state index in [1.807, 2.05) is 31.2 Å². The van der Waals surface area contributed by atoms with Crippen LogP contribution < -0.4 is 15.4 Å². The minimum Gasteiger partial charge on any atom is -0.491 e. The van der Waals surface area contributed by atoms with Gasteiger partial charge in [0.2, 0.25) is 5.91 Å². The second kappa shape index (κ2) is 8.22. The normalized spacial score (nSPS) is 20.7. The molecule has 6 heteroatoms. The summed E-state index contributed by atoms with van der Waals surface area (Å²) in [4.78, 5) is 12.2. The quantitative estimate of drug-likeness (QED) is 0.739. The van der Waals surface area contributed by atoms with Crippen LogP contribution in [-0.2, 0) is 11.3 Å². The predicted molar refractivity (Wildman–Crippen MR) is 83.8 cm³/mol. The summed E-state index contributed by atoms with van der Waals surface area (Å²) in [5, 5.41) is 15.0. The monoisotopic (exact) mass is 314 g/mol. The number of benzene rings is 1. The highest BCUT2D eigenvalue weighted by Gasteiger charge is 2.35. The molecule has 1 aliphatic heterocycles. The molecule has 1 aromatic rings. The number of rotatable bonds is 6. The number of halogens is 1. The Morgan fingerprint density at radius 2 is 2.24 bits per heavy atom. The number of amides is 1. The van der Waals surface area contributed by atoms with Crippen molar-refractivity contribution in [2.75, 3.05) is 19.8 Å². The topological polar surface area (TPSA) is 70.6 Å². The third kappa shape index (κ3) is 4.59. The molecule has 0 bridgehead atoms. The number of ether oxygens (including phenoxy) is 1. The summed E-state index contributed by atoms with van der Waals surface area (Å²) in [6.07, 6.45) is 1.89. The van der Waals surface area contributed by atoms with Crippen LogP contribution in [-0.4, -0.2) is 36.3 Å². The molecule has 3 N–H and O–H groups in total. The number of para-hydroxylation sites is 1. The second-order valence-electron chi connectivity index (χ2n) is 5.22. The van der Waals surface area contributed by atoms with Gasteiger partial charge in [-0.1, -0.05) is 18.2 Å². The summed E-state index contributed by atoms with van der Waals surface area (Å²) in [7, 11) is 0. The molecule has 21 heavy (non-hydrogen) atoms. The summed E-state index contributed by atoms with van der Waals surface area (Å²) < 4.78 is 5.45. The summed E-state index contributed by atoms with van der Waals surface area (Å²) >= 11 is 0. The van der Waals surface area contributed by atoms with Crippen molar-refractivity contribution < 1.29 is 14.6 Å². The van der Waals surface area contributed by atoms with E-state index in [1.165, 1.54) is 0 Å². The van der Waals surface area contributed by atoms with Gasteiger partial charge in [0, 0.05) is 12.1 Å². The van der Waals surface area contributed by atoms with Gasteiger partial charge < -0.3 is 20.5 Å². The van der Waals surface area contributed by atoms with Crippen LogP contribution in [0.2, 0.25) is 0 Å². The van der Waals surface area contributed by atoms with Crippen molar-refractivity contribution in [2.45, 2.75) is 31.8 Å². The lowest BCUT2D eigenvalue weighted by Crippen LogP contribution is -2.50. The van der Waals surface area contributed by atoms with Crippen molar-refractivity contribution in [3.8, 4) is 5.75 Å². The van der Waals surface area contributed by atoms with E-state index in [2.05, 4.69) is 10.6 Å². The summed E-state index contributed by atoms with van der Waals surface area (Å²) in [6.45, 7) is 3.48. The van der Waals surface area contributed by atoms with Crippen molar-refractivity contribution in [1.82, 2.24) is 10.6 Å². The van der Waals surface area contributed by atoms with E-state index in [9.17, 15) is 4.79 Å². The van der Waals surface area contributed by atoms with Crippen molar-refractivity contribution in [2.24, 2.45) is 0 Å². The van der Waals surface area contributed by atoms with E-state index in [-0.39, 0.29) is 31.5 Å². The number of aliphatic hydroxyl groups excluding tert-OH is 1. The smallest absolute Gasteiger partial charge is 0.240 e. The van der Waals surface area contributed by atoms with Crippen molar-refractivity contribution in [3.63, 3.8) is 0 Å².